The Hall–Kier alpha value is -2.95. The van der Waals surface area contributed by atoms with Gasteiger partial charge in [0.15, 0.2) is 6.61 Å². The zero-order valence-electron chi connectivity index (χ0n) is 20.9. The molecule has 0 spiro atoms. The number of carbonyl (C=O) groups excluding carboxylic acids is 2. The van der Waals surface area contributed by atoms with Crippen molar-refractivity contribution >= 4 is 21.8 Å². The van der Waals surface area contributed by atoms with Gasteiger partial charge in [-0.05, 0) is 43.2 Å². The number of unbranched alkanes of at least 4 members (excludes halogenated alkanes) is 1. The van der Waals surface area contributed by atoms with Crippen molar-refractivity contribution in [1.29, 1.82) is 0 Å². The highest BCUT2D eigenvalue weighted by atomic mass is 32.2. The van der Waals surface area contributed by atoms with E-state index < -0.39 is 16.1 Å². The second-order valence-corrected chi connectivity index (χ2v) is 10.5. The Morgan fingerprint density at radius 2 is 1.75 bits per heavy atom. The van der Waals surface area contributed by atoms with E-state index in [0.717, 1.165) is 18.4 Å². The Bertz CT molecular complexity index is 1090. The van der Waals surface area contributed by atoms with Gasteiger partial charge in [0.05, 0.1) is 18.1 Å². The van der Waals surface area contributed by atoms with Gasteiger partial charge in [-0.25, -0.2) is 8.42 Å². The molecule has 1 heterocycles. The van der Waals surface area contributed by atoms with E-state index >= 15 is 0 Å². The molecular formula is C26H35N3O6S. The molecule has 2 aromatic rings. The number of carbonyl (C=O) groups is 2. The van der Waals surface area contributed by atoms with Crippen LogP contribution < -0.4 is 10.1 Å². The molecule has 1 atom stereocenters. The van der Waals surface area contributed by atoms with Crippen LogP contribution >= 0.6 is 0 Å². The molecule has 10 heteroatoms. The molecule has 0 aliphatic carbocycles. The van der Waals surface area contributed by atoms with Crippen LogP contribution in [0.1, 0.15) is 32.3 Å². The smallest absolute Gasteiger partial charge is 0.261 e. The Labute approximate surface area is 213 Å². The lowest BCUT2D eigenvalue weighted by atomic mass is 10.1. The van der Waals surface area contributed by atoms with Gasteiger partial charge in [0.2, 0.25) is 15.9 Å². The Balaban J connectivity index is 1.65. The van der Waals surface area contributed by atoms with Crippen molar-refractivity contribution in [2.24, 2.45) is 0 Å². The van der Waals surface area contributed by atoms with Gasteiger partial charge >= 0.3 is 0 Å². The summed E-state index contributed by atoms with van der Waals surface area (Å²) in [6.07, 6.45) is 1.83. The number of nitrogens with zero attached hydrogens (tertiary/aromatic N) is 2. The van der Waals surface area contributed by atoms with Crippen LogP contribution in [0.3, 0.4) is 0 Å². The van der Waals surface area contributed by atoms with E-state index in [4.69, 9.17) is 9.47 Å². The van der Waals surface area contributed by atoms with Gasteiger partial charge in [-0.2, -0.15) is 4.31 Å². The third kappa shape index (κ3) is 7.52. The summed E-state index contributed by atoms with van der Waals surface area (Å²) in [5, 5.41) is 2.88. The standard InChI is InChI=1S/C26H35N3O6S/c1-3-4-14-27-26(31)21(2)29(19-22-8-6-5-7-9-22)25(30)20-35-23-10-12-24(13-11-23)36(32,33)28-15-17-34-18-16-28/h5-13,21H,3-4,14-20H2,1-2H3,(H,27,31). The van der Waals surface area contributed by atoms with Crippen LogP contribution in [0, 0.1) is 0 Å². The zero-order chi connectivity index (χ0) is 26.0. The molecule has 3 rings (SSSR count). The molecule has 1 N–H and O–H groups in total. The van der Waals surface area contributed by atoms with E-state index in [-0.39, 0.29) is 29.9 Å². The monoisotopic (exact) mass is 517 g/mol. The van der Waals surface area contributed by atoms with Gasteiger partial charge in [0.25, 0.3) is 5.91 Å². The Kier molecular flexibility index (Phi) is 10.3. The molecule has 1 aliphatic rings. The Morgan fingerprint density at radius 1 is 1.08 bits per heavy atom. The number of rotatable bonds is 12. The Morgan fingerprint density at radius 3 is 2.39 bits per heavy atom. The molecule has 1 unspecified atom stereocenters. The highest BCUT2D eigenvalue weighted by Crippen LogP contribution is 2.21. The second-order valence-electron chi connectivity index (χ2n) is 8.60. The third-order valence-electron chi connectivity index (χ3n) is 5.99. The van der Waals surface area contributed by atoms with Crippen molar-refractivity contribution in [1.82, 2.24) is 14.5 Å². The predicted molar refractivity (Wildman–Crippen MR) is 136 cm³/mol. The van der Waals surface area contributed by atoms with Crippen molar-refractivity contribution in [2.75, 3.05) is 39.5 Å². The average Bonchev–Trinajstić information content (AvgIpc) is 2.91. The summed E-state index contributed by atoms with van der Waals surface area (Å²) < 4.78 is 37.9. The van der Waals surface area contributed by atoms with E-state index in [1.165, 1.54) is 33.5 Å². The number of hydrogen-bond donors (Lipinski definition) is 1. The fourth-order valence-electron chi connectivity index (χ4n) is 3.77. The van der Waals surface area contributed by atoms with Gasteiger partial charge < -0.3 is 19.7 Å². The summed E-state index contributed by atoms with van der Waals surface area (Å²) in [5.74, 6) is -0.198. The van der Waals surface area contributed by atoms with Crippen LogP contribution in [-0.2, 0) is 30.9 Å². The first kappa shape index (κ1) is 27.6. The molecule has 2 aromatic carbocycles. The first-order valence-corrected chi connectivity index (χ1v) is 13.7. The highest BCUT2D eigenvalue weighted by molar-refractivity contribution is 7.89. The number of ether oxygens (including phenoxy) is 2. The molecule has 0 radical (unpaired) electrons. The summed E-state index contributed by atoms with van der Waals surface area (Å²) in [6, 6.07) is 14.8. The molecule has 2 amide bonds. The average molecular weight is 518 g/mol. The molecule has 196 valence electrons. The predicted octanol–water partition coefficient (Wildman–Crippen LogP) is 2.42. The molecule has 36 heavy (non-hydrogen) atoms. The number of benzene rings is 2. The van der Waals surface area contributed by atoms with Crippen LogP contribution in [0.15, 0.2) is 59.5 Å². The van der Waals surface area contributed by atoms with Crippen molar-refractivity contribution in [3.63, 3.8) is 0 Å². The van der Waals surface area contributed by atoms with Crippen LogP contribution in [-0.4, -0.2) is 74.9 Å². The lowest BCUT2D eigenvalue weighted by molar-refractivity contribution is -0.142. The van der Waals surface area contributed by atoms with Gasteiger partial charge in [-0.15, -0.1) is 0 Å². The molecule has 1 saturated heterocycles. The molecule has 0 aromatic heterocycles. The molecular weight excluding hydrogens is 482 g/mol. The molecule has 0 bridgehead atoms. The summed E-state index contributed by atoms with van der Waals surface area (Å²) in [5.41, 5.74) is 0.900. The van der Waals surface area contributed by atoms with E-state index in [1.807, 2.05) is 37.3 Å². The summed E-state index contributed by atoms with van der Waals surface area (Å²) in [4.78, 5) is 27.5. The first-order chi connectivity index (χ1) is 17.3. The largest absolute Gasteiger partial charge is 0.484 e. The van der Waals surface area contributed by atoms with Crippen LogP contribution in [0.5, 0.6) is 5.75 Å². The van der Waals surface area contributed by atoms with Crippen molar-refractivity contribution in [2.45, 2.75) is 44.2 Å². The quantitative estimate of drug-likeness (QED) is 0.434. The SMILES string of the molecule is CCCCNC(=O)C(C)N(Cc1ccccc1)C(=O)COc1ccc(S(=O)(=O)N2CCOCC2)cc1. The fraction of sp³-hybridized carbons (Fsp3) is 0.462. The molecule has 9 nitrogen and oxygen atoms in total. The lowest BCUT2D eigenvalue weighted by Crippen LogP contribution is -2.49. The number of morpholine rings is 1. The van der Waals surface area contributed by atoms with Gasteiger partial charge in [-0.1, -0.05) is 43.7 Å². The van der Waals surface area contributed by atoms with Crippen LogP contribution in [0.4, 0.5) is 0 Å². The van der Waals surface area contributed by atoms with Crippen LogP contribution in [0.25, 0.3) is 0 Å². The van der Waals surface area contributed by atoms with Gasteiger partial charge in [0, 0.05) is 26.2 Å². The number of sulfonamides is 1. The van der Waals surface area contributed by atoms with Gasteiger partial charge in [0.1, 0.15) is 11.8 Å². The van der Waals surface area contributed by atoms with Crippen molar-refractivity contribution < 1.29 is 27.5 Å². The van der Waals surface area contributed by atoms with E-state index in [0.29, 0.717) is 38.6 Å². The van der Waals surface area contributed by atoms with Gasteiger partial charge in [-0.3, -0.25) is 9.59 Å². The summed E-state index contributed by atoms with van der Waals surface area (Å²) in [7, 11) is -3.61. The summed E-state index contributed by atoms with van der Waals surface area (Å²) in [6.45, 7) is 5.66. The third-order valence-corrected chi connectivity index (χ3v) is 7.90. The minimum Gasteiger partial charge on any atom is -0.484 e. The maximum Gasteiger partial charge on any atom is 0.261 e. The normalized spacial score (nSPS) is 15.2. The lowest BCUT2D eigenvalue weighted by Gasteiger charge is -2.28. The maximum absolute atomic E-state index is 13.1. The highest BCUT2D eigenvalue weighted by Gasteiger charge is 2.28. The van der Waals surface area contributed by atoms with Crippen molar-refractivity contribution in [3.8, 4) is 5.75 Å². The fourth-order valence-corrected chi connectivity index (χ4v) is 5.18. The number of hydrogen-bond acceptors (Lipinski definition) is 6. The summed E-state index contributed by atoms with van der Waals surface area (Å²) >= 11 is 0. The molecule has 0 saturated carbocycles. The van der Waals surface area contributed by atoms with Crippen LogP contribution in [0.2, 0.25) is 0 Å². The van der Waals surface area contributed by atoms with E-state index in [2.05, 4.69) is 5.32 Å². The topological polar surface area (TPSA) is 105 Å². The number of amides is 2. The molecule has 1 fully saturated rings. The second kappa shape index (κ2) is 13.4. The first-order valence-electron chi connectivity index (χ1n) is 12.2. The minimum atomic E-state index is -3.61. The van der Waals surface area contributed by atoms with Crippen molar-refractivity contribution in [3.05, 3.63) is 60.2 Å². The van der Waals surface area contributed by atoms with E-state index in [1.54, 1.807) is 6.92 Å². The van der Waals surface area contributed by atoms with E-state index in [9.17, 15) is 18.0 Å². The zero-order valence-corrected chi connectivity index (χ0v) is 21.7. The number of nitrogens with one attached hydrogen (secondary N) is 1. The molecule has 1 aliphatic heterocycles. The maximum atomic E-state index is 13.1. The minimum absolute atomic E-state index is 0.158.